The Balaban J connectivity index is 2.65. The van der Waals surface area contributed by atoms with Gasteiger partial charge < -0.3 is 5.32 Å². The fourth-order valence-electron chi connectivity index (χ4n) is 3.51. The molecular formula is C14H29N. The molecule has 0 saturated heterocycles. The van der Waals surface area contributed by atoms with Gasteiger partial charge in [-0.05, 0) is 50.0 Å². The summed E-state index contributed by atoms with van der Waals surface area (Å²) in [6.45, 7) is 9.66. The fourth-order valence-corrected chi connectivity index (χ4v) is 3.51. The highest BCUT2D eigenvalue weighted by atomic mass is 14.9. The van der Waals surface area contributed by atoms with Crippen molar-refractivity contribution in [1.82, 2.24) is 5.32 Å². The summed E-state index contributed by atoms with van der Waals surface area (Å²) in [6, 6.07) is 0.751. The average molecular weight is 211 g/mol. The van der Waals surface area contributed by atoms with Gasteiger partial charge in [0.25, 0.3) is 0 Å². The number of hydrogen-bond acceptors (Lipinski definition) is 1. The standard InChI is InChI=1S/C14H29N/c1-6-12-8-13(15-5)7-11(2)9-14(3,4)10-12/h11-13,15H,6-10H2,1-5H3. The summed E-state index contributed by atoms with van der Waals surface area (Å²) < 4.78 is 0. The van der Waals surface area contributed by atoms with E-state index in [-0.39, 0.29) is 0 Å². The van der Waals surface area contributed by atoms with Gasteiger partial charge in [0.05, 0.1) is 0 Å². The smallest absolute Gasteiger partial charge is 0.00692 e. The van der Waals surface area contributed by atoms with Crippen molar-refractivity contribution in [1.29, 1.82) is 0 Å². The molecule has 0 bridgehead atoms. The van der Waals surface area contributed by atoms with E-state index in [0.717, 1.165) is 17.9 Å². The first-order valence-electron chi connectivity index (χ1n) is 6.64. The van der Waals surface area contributed by atoms with Gasteiger partial charge in [-0.1, -0.05) is 34.1 Å². The molecule has 3 atom stereocenters. The van der Waals surface area contributed by atoms with Crippen molar-refractivity contribution in [3.63, 3.8) is 0 Å². The van der Waals surface area contributed by atoms with Gasteiger partial charge in [0.1, 0.15) is 0 Å². The highest BCUT2D eigenvalue weighted by Gasteiger charge is 2.30. The molecule has 1 saturated carbocycles. The summed E-state index contributed by atoms with van der Waals surface area (Å²) >= 11 is 0. The summed E-state index contributed by atoms with van der Waals surface area (Å²) in [7, 11) is 2.12. The van der Waals surface area contributed by atoms with E-state index in [9.17, 15) is 0 Å². The van der Waals surface area contributed by atoms with Crippen LogP contribution < -0.4 is 5.32 Å². The quantitative estimate of drug-likeness (QED) is 0.732. The van der Waals surface area contributed by atoms with Crippen LogP contribution in [0.4, 0.5) is 0 Å². The Morgan fingerprint density at radius 3 is 2.40 bits per heavy atom. The highest BCUT2D eigenvalue weighted by Crippen LogP contribution is 2.39. The minimum Gasteiger partial charge on any atom is -0.317 e. The van der Waals surface area contributed by atoms with E-state index in [1.807, 2.05) is 0 Å². The number of rotatable bonds is 2. The van der Waals surface area contributed by atoms with Crippen molar-refractivity contribution >= 4 is 0 Å². The van der Waals surface area contributed by atoms with Gasteiger partial charge in [-0.15, -0.1) is 0 Å². The first kappa shape index (κ1) is 13.0. The number of nitrogens with one attached hydrogen (secondary N) is 1. The highest BCUT2D eigenvalue weighted by molar-refractivity contribution is 4.83. The van der Waals surface area contributed by atoms with Crippen molar-refractivity contribution in [3.05, 3.63) is 0 Å². The molecule has 1 heteroatoms. The SMILES string of the molecule is CCC1CC(NC)CC(C)CC(C)(C)C1. The summed E-state index contributed by atoms with van der Waals surface area (Å²) in [4.78, 5) is 0. The van der Waals surface area contributed by atoms with E-state index in [4.69, 9.17) is 0 Å². The van der Waals surface area contributed by atoms with E-state index in [2.05, 4.69) is 40.1 Å². The van der Waals surface area contributed by atoms with Crippen molar-refractivity contribution in [2.24, 2.45) is 17.3 Å². The predicted octanol–water partition coefficient (Wildman–Crippen LogP) is 3.84. The molecule has 3 unspecified atom stereocenters. The molecule has 1 rings (SSSR count). The van der Waals surface area contributed by atoms with E-state index >= 15 is 0 Å². The van der Waals surface area contributed by atoms with Crippen LogP contribution >= 0.6 is 0 Å². The second-order valence-corrected chi connectivity index (χ2v) is 6.41. The van der Waals surface area contributed by atoms with Crippen LogP contribution in [0.25, 0.3) is 0 Å². The second-order valence-electron chi connectivity index (χ2n) is 6.41. The van der Waals surface area contributed by atoms with E-state index < -0.39 is 0 Å². The van der Waals surface area contributed by atoms with Crippen molar-refractivity contribution in [3.8, 4) is 0 Å². The molecular weight excluding hydrogens is 182 g/mol. The van der Waals surface area contributed by atoms with Gasteiger partial charge in [0, 0.05) is 6.04 Å². The zero-order valence-corrected chi connectivity index (χ0v) is 11.3. The molecule has 1 aliphatic rings. The largest absolute Gasteiger partial charge is 0.317 e. The van der Waals surface area contributed by atoms with Crippen molar-refractivity contribution in [2.45, 2.75) is 65.8 Å². The lowest BCUT2D eigenvalue weighted by Crippen LogP contribution is -2.35. The Morgan fingerprint density at radius 1 is 1.20 bits per heavy atom. The van der Waals surface area contributed by atoms with Gasteiger partial charge in [-0.25, -0.2) is 0 Å². The molecule has 0 aromatic heterocycles. The summed E-state index contributed by atoms with van der Waals surface area (Å²) in [6.07, 6.45) is 6.88. The van der Waals surface area contributed by atoms with Crippen LogP contribution in [0.2, 0.25) is 0 Å². The molecule has 1 fully saturated rings. The Bertz CT molecular complexity index is 186. The molecule has 1 aliphatic carbocycles. The minimum absolute atomic E-state index is 0.554. The fraction of sp³-hybridized carbons (Fsp3) is 1.00. The van der Waals surface area contributed by atoms with Crippen LogP contribution in [0.5, 0.6) is 0 Å². The maximum absolute atomic E-state index is 3.49. The lowest BCUT2D eigenvalue weighted by molar-refractivity contribution is 0.155. The van der Waals surface area contributed by atoms with Crippen LogP contribution in [-0.2, 0) is 0 Å². The Hall–Kier alpha value is -0.0400. The first-order valence-corrected chi connectivity index (χ1v) is 6.64. The van der Waals surface area contributed by atoms with Gasteiger partial charge in [-0.2, -0.15) is 0 Å². The topological polar surface area (TPSA) is 12.0 Å². The molecule has 0 spiro atoms. The molecule has 0 heterocycles. The van der Waals surface area contributed by atoms with Gasteiger partial charge in [0.2, 0.25) is 0 Å². The third-order valence-corrected chi connectivity index (χ3v) is 4.03. The monoisotopic (exact) mass is 211 g/mol. The van der Waals surface area contributed by atoms with Gasteiger partial charge in [-0.3, -0.25) is 0 Å². The summed E-state index contributed by atoms with van der Waals surface area (Å²) in [5.41, 5.74) is 0.554. The maximum Gasteiger partial charge on any atom is 0.00692 e. The van der Waals surface area contributed by atoms with Crippen molar-refractivity contribution in [2.75, 3.05) is 7.05 Å². The van der Waals surface area contributed by atoms with Gasteiger partial charge >= 0.3 is 0 Å². The summed E-state index contributed by atoms with van der Waals surface area (Å²) in [5.74, 6) is 1.79. The van der Waals surface area contributed by atoms with Crippen LogP contribution in [-0.4, -0.2) is 13.1 Å². The zero-order valence-electron chi connectivity index (χ0n) is 11.3. The molecule has 1 N–H and O–H groups in total. The third-order valence-electron chi connectivity index (χ3n) is 4.03. The molecule has 0 aliphatic heterocycles. The molecule has 90 valence electrons. The Labute approximate surface area is 96.0 Å². The average Bonchev–Trinajstić information content (AvgIpc) is 2.11. The van der Waals surface area contributed by atoms with Crippen LogP contribution in [0.3, 0.4) is 0 Å². The second kappa shape index (κ2) is 5.34. The molecule has 0 radical (unpaired) electrons. The van der Waals surface area contributed by atoms with E-state index in [1.54, 1.807) is 0 Å². The third kappa shape index (κ3) is 4.14. The Morgan fingerprint density at radius 2 is 1.87 bits per heavy atom. The van der Waals surface area contributed by atoms with E-state index in [0.29, 0.717) is 5.41 Å². The molecule has 1 nitrogen and oxygen atoms in total. The molecule has 0 amide bonds. The van der Waals surface area contributed by atoms with Crippen LogP contribution in [0.1, 0.15) is 59.8 Å². The number of hydrogen-bond donors (Lipinski definition) is 1. The van der Waals surface area contributed by atoms with Crippen LogP contribution in [0.15, 0.2) is 0 Å². The first-order chi connectivity index (χ1) is 6.96. The predicted molar refractivity (Wildman–Crippen MR) is 68.0 cm³/mol. The molecule has 0 aromatic carbocycles. The zero-order chi connectivity index (χ0) is 11.5. The molecule has 15 heavy (non-hydrogen) atoms. The minimum atomic E-state index is 0.554. The Kier molecular flexibility index (Phi) is 4.64. The van der Waals surface area contributed by atoms with Crippen LogP contribution in [0, 0.1) is 17.3 Å². The summed E-state index contributed by atoms with van der Waals surface area (Å²) in [5, 5.41) is 3.49. The normalized spacial score (nSPS) is 37.0. The lowest BCUT2D eigenvalue weighted by Gasteiger charge is -2.37. The van der Waals surface area contributed by atoms with E-state index in [1.165, 1.54) is 32.1 Å². The van der Waals surface area contributed by atoms with Gasteiger partial charge in [0.15, 0.2) is 0 Å². The maximum atomic E-state index is 3.49. The van der Waals surface area contributed by atoms with Crippen molar-refractivity contribution < 1.29 is 0 Å². The lowest BCUT2D eigenvalue weighted by atomic mass is 9.70. The molecule has 0 aromatic rings.